The van der Waals surface area contributed by atoms with E-state index in [1.807, 2.05) is 0 Å². The fourth-order valence-electron chi connectivity index (χ4n) is 2.50. The van der Waals surface area contributed by atoms with Gasteiger partial charge in [-0.15, -0.1) is 0 Å². The molecule has 0 aliphatic rings. The van der Waals surface area contributed by atoms with Gasteiger partial charge in [0.15, 0.2) is 6.87 Å². The van der Waals surface area contributed by atoms with Gasteiger partial charge in [0.25, 0.3) is 0 Å². The van der Waals surface area contributed by atoms with E-state index in [4.69, 9.17) is 9.11 Å². The molecule has 0 aromatic heterocycles. The van der Waals surface area contributed by atoms with Gasteiger partial charge in [0.05, 0.1) is 24.9 Å². The van der Waals surface area contributed by atoms with Gasteiger partial charge in [0, 0.05) is 0 Å². The Balaban J connectivity index is 5.05. The molecule has 0 radical (unpaired) electrons. The van der Waals surface area contributed by atoms with Gasteiger partial charge in [-0.1, -0.05) is 39.3 Å². The van der Waals surface area contributed by atoms with Crippen molar-refractivity contribution in [2.75, 3.05) is 0 Å². The molecule has 0 aliphatic carbocycles. The SMILES string of the molecule is C[SiH](C)[Si](O[PH](=O)O)([SiH](C)C)[SiH](C)C. The van der Waals surface area contributed by atoms with Crippen molar-refractivity contribution in [1.29, 1.82) is 0 Å². The molecule has 0 fully saturated rings. The van der Waals surface area contributed by atoms with Crippen molar-refractivity contribution in [3.05, 3.63) is 0 Å². The second-order valence-corrected chi connectivity index (χ2v) is 39.2. The topological polar surface area (TPSA) is 46.5 Å². The number of rotatable bonds is 5. The summed E-state index contributed by atoms with van der Waals surface area (Å²) in [5.41, 5.74) is 0. The fraction of sp³-hybridized carbons (Fsp3) is 1.00. The van der Waals surface area contributed by atoms with Gasteiger partial charge in [-0.05, 0) is 0 Å². The van der Waals surface area contributed by atoms with E-state index in [-0.39, 0.29) is 0 Å². The van der Waals surface area contributed by atoms with Crippen LogP contribution in [0, 0.1) is 0 Å². The molecule has 0 heterocycles. The van der Waals surface area contributed by atoms with E-state index in [0.717, 1.165) is 0 Å². The summed E-state index contributed by atoms with van der Waals surface area (Å²) in [7, 11) is -5.37. The van der Waals surface area contributed by atoms with Crippen LogP contribution >= 0.6 is 8.25 Å². The minimum atomic E-state index is -2.71. The summed E-state index contributed by atoms with van der Waals surface area (Å²) < 4.78 is 16.6. The molecule has 0 rings (SSSR count). The molecule has 3 nitrogen and oxygen atoms in total. The smallest absolute Gasteiger partial charge is 0.306 e. The molecule has 0 aromatic carbocycles. The van der Waals surface area contributed by atoms with E-state index in [2.05, 4.69) is 39.3 Å². The zero-order valence-electron chi connectivity index (χ0n) is 10.00. The highest BCUT2D eigenvalue weighted by molar-refractivity contribution is 7.79. The lowest BCUT2D eigenvalue weighted by Crippen LogP contribution is -2.68. The molecule has 0 bridgehead atoms. The van der Waals surface area contributed by atoms with E-state index in [1.54, 1.807) is 0 Å². The maximum Gasteiger partial charge on any atom is 0.306 e. The Morgan fingerprint density at radius 2 is 1.29 bits per heavy atom. The predicted molar refractivity (Wildman–Crippen MR) is 74.7 cm³/mol. The van der Waals surface area contributed by atoms with Gasteiger partial charge in [0.2, 0.25) is 0 Å². The molecule has 1 unspecified atom stereocenters. The quantitative estimate of drug-likeness (QED) is 0.606. The highest BCUT2D eigenvalue weighted by Crippen LogP contribution is 2.29. The Morgan fingerprint density at radius 3 is 1.36 bits per heavy atom. The zero-order chi connectivity index (χ0) is 11.5. The van der Waals surface area contributed by atoms with Gasteiger partial charge in [-0.3, -0.25) is 4.57 Å². The van der Waals surface area contributed by atoms with Crippen LogP contribution in [0.2, 0.25) is 39.3 Å². The van der Waals surface area contributed by atoms with Crippen molar-refractivity contribution in [2.24, 2.45) is 0 Å². The van der Waals surface area contributed by atoms with Crippen LogP contribution in [0.25, 0.3) is 0 Å². The van der Waals surface area contributed by atoms with Crippen molar-refractivity contribution < 1.29 is 13.7 Å². The van der Waals surface area contributed by atoms with Crippen LogP contribution in [0.3, 0.4) is 0 Å². The number of hydrogen-bond donors (Lipinski definition) is 1. The number of hydrogen-bond acceptors (Lipinski definition) is 2. The summed E-state index contributed by atoms with van der Waals surface area (Å²) in [6.45, 7) is 12.1. The average molecular weight is 287 g/mol. The van der Waals surface area contributed by atoms with Crippen LogP contribution in [-0.4, -0.2) is 36.7 Å². The molecule has 0 saturated carbocycles. The molecule has 0 amide bonds. The van der Waals surface area contributed by atoms with Gasteiger partial charge < -0.3 is 9.11 Å². The molecule has 0 saturated heterocycles. The second-order valence-electron chi connectivity index (χ2n) is 4.69. The minimum Gasteiger partial charge on any atom is -0.363 e. The lowest BCUT2D eigenvalue weighted by molar-refractivity contribution is 0.418. The first-order valence-corrected chi connectivity index (χ1v) is 20.7. The normalized spacial score (nSPS) is 15.6. The highest BCUT2D eigenvalue weighted by Gasteiger charge is 2.47. The summed E-state index contributed by atoms with van der Waals surface area (Å²) in [4.78, 5) is 9.06. The summed E-state index contributed by atoms with van der Waals surface area (Å²) in [5, 5.41) is 0. The molecule has 8 heteroatoms. The van der Waals surface area contributed by atoms with E-state index in [1.165, 1.54) is 0 Å². The van der Waals surface area contributed by atoms with Crippen molar-refractivity contribution in [3.8, 4) is 0 Å². The first kappa shape index (κ1) is 15.0. The van der Waals surface area contributed by atoms with Crippen molar-refractivity contribution >= 4 is 40.1 Å². The van der Waals surface area contributed by atoms with E-state index >= 15 is 0 Å². The summed E-state index contributed by atoms with van der Waals surface area (Å²) in [5.74, 6) is 0. The van der Waals surface area contributed by atoms with Crippen molar-refractivity contribution in [3.63, 3.8) is 0 Å². The lowest BCUT2D eigenvalue weighted by Gasteiger charge is -2.39. The molecule has 1 atom stereocenters. The largest absolute Gasteiger partial charge is 0.363 e. The van der Waals surface area contributed by atoms with Crippen molar-refractivity contribution in [2.45, 2.75) is 39.3 Å². The van der Waals surface area contributed by atoms with Gasteiger partial charge in [-0.2, -0.15) is 0 Å². The molecular weight excluding hydrogens is 263 g/mol. The summed E-state index contributed by atoms with van der Waals surface area (Å²) in [6.07, 6.45) is 0. The van der Waals surface area contributed by atoms with Crippen LogP contribution in [0.15, 0.2) is 0 Å². The Morgan fingerprint density at radius 1 is 1.00 bits per heavy atom. The Hall–Kier alpha value is 1.02. The molecule has 0 aromatic rings. The Kier molecular flexibility index (Phi) is 6.36. The minimum absolute atomic E-state index is 0.888. The Labute approximate surface area is 93.2 Å². The first-order chi connectivity index (χ1) is 6.25. The summed E-state index contributed by atoms with van der Waals surface area (Å²) in [6, 6.07) is 0. The molecule has 86 valence electrons. The van der Waals surface area contributed by atoms with Crippen LogP contribution < -0.4 is 0 Å². The van der Waals surface area contributed by atoms with Gasteiger partial charge >= 0.3 is 8.25 Å². The molecule has 14 heavy (non-hydrogen) atoms. The average Bonchev–Trinajstić information content (AvgIpc) is 1.97. The van der Waals surface area contributed by atoms with Crippen LogP contribution in [0.1, 0.15) is 0 Å². The Bertz CT molecular complexity index is 187. The van der Waals surface area contributed by atoms with Gasteiger partial charge in [-0.25, -0.2) is 0 Å². The van der Waals surface area contributed by atoms with Crippen molar-refractivity contribution in [1.82, 2.24) is 0 Å². The van der Waals surface area contributed by atoms with Crippen LogP contribution in [0.5, 0.6) is 0 Å². The third kappa shape index (κ3) is 3.26. The fourth-order valence-corrected chi connectivity index (χ4v) is 67.6. The standard InChI is InChI=1S/C6H23O3PSi4/c1-11(2)14(12(3)4,13(5)6)9-10(7)8/h10-13H,1-6H3,(H,7,8). The maximum atomic E-state index is 11.0. The molecular formula is C6H23O3PSi4. The summed E-state index contributed by atoms with van der Waals surface area (Å²) >= 11 is 0. The predicted octanol–water partition coefficient (Wildman–Crippen LogP) is 1.03. The van der Waals surface area contributed by atoms with E-state index in [9.17, 15) is 4.57 Å². The van der Waals surface area contributed by atoms with Crippen LogP contribution in [0.4, 0.5) is 0 Å². The third-order valence-corrected chi connectivity index (χ3v) is 65.9. The monoisotopic (exact) mass is 286 g/mol. The molecule has 0 aliphatic heterocycles. The van der Waals surface area contributed by atoms with Gasteiger partial charge in [0.1, 0.15) is 0 Å². The molecule has 0 spiro atoms. The first-order valence-electron chi connectivity index (χ1n) is 5.17. The lowest BCUT2D eigenvalue weighted by atomic mass is 11.9. The van der Waals surface area contributed by atoms with E-state index in [0.29, 0.717) is 0 Å². The highest BCUT2D eigenvalue weighted by atomic mass is 31.1. The molecule has 1 N–H and O–H groups in total. The third-order valence-electron chi connectivity index (χ3n) is 2.97. The van der Waals surface area contributed by atoms with Crippen LogP contribution in [-0.2, 0) is 8.78 Å². The second kappa shape index (κ2) is 5.93. The zero-order valence-corrected chi connectivity index (χ0v) is 15.5. The maximum absolute atomic E-state index is 11.0. The van der Waals surface area contributed by atoms with E-state index < -0.39 is 40.1 Å².